The highest BCUT2D eigenvalue weighted by Crippen LogP contribution is 2.24. The van der Waals surface area contributed by atoms with E-state index >= 15 is 0 Å². The summed E-state index contributed by atoms with van der Waals surface area (Å²) in [7, 11) is 1.70. The summed E-state index contributed by atoms with van der Waals surface area (Å²) >= 11 is 0. The lowest BCUT2D eigenvalue weighted by atomic mass is 10.1. The molecule has 21 heavy (non-hydrogen) atoms. The summed E-state index contributed by atoms with van der Waals surface area (Å²) in [5.41, 5.74) is 2.77. The third kappa shape index (κ3) is 4.99. The Labute approximate surface area is 128 Å². The molecule has 0 saturated carbocycles. The molecule has 1 aromatic carbocycles. The third-order valence-corrected chi connectivity index (χ3v) is 4.00. The first-order valence-corrected chi connectivity index (χ1v) is 7.98. The molecule has 0 aliphatic carbocycles. The highest BCUT2D eigenvalue weighted by Gasteiger charge is 2.19. The summed E-state index contributed by atoms with van der Waals surface area (Å²) in [6.45, 7) is 7.50. The largest absolute Gasteiger partial charge is 0.382 e. The summed E-state index contributed by atoms with van der Waals surface area (Å²) < 4.78 is 10.6. The zero-order valence-electron chi connectivity index (χ0n) is 13.3. The Morgan fingerprint density at radius 2 is 2.10 bits per heavy atom. The van der Waals surface area contributed by atoms with E-state index in [1.807, 2.05) is 0 Å². The predicted octanol–water partition coefficient (Wildman–Crippen LogP) is 2.43. The van der Waals surface area contributed by atoms with Gasteiger partial charge in [-0.05, 0) is 24.5 Å². The van der Waals surface area contributed by atoms with E-state index in [9.17, 15) is 0 Å². The molecule has 1 aliphatic heterocycles. The monoisotopic (exact) mass is 292 g/mol. The van der Waals surface area contributed by atoms with E-state index in [0.717, 1.165) is 39.1 Å². The second-order valence-electron chi connectivity index (χ2n) is 5.52. The summed E-state index contributed by atoms with van der Waals surface area (Å²) in [5, 5.41) is 3.65. The van der Waals surface area contributed by atoms with Gasteiger partial charge in [0, 0.05) is 45.1 Å². The second kappa shape index (κ2) is 9.03. The molecular weight excluding hydrogens is 264 g/mol. The van der Waals surface area contributed by atoms with Gasteiger partial charge in [0.15, 0.2) is 0 Å². The predicted molar refractivity (Wildman–Crippen MR) is 86.9 cm³/mol. The number of fused-ring (bicyclic) bond motifs is 1. The number of nitrogens with zero attached hydrogens (tertiary/aromatic N) is 1. The summed E-state index contributed by atoms with van der Waals surface area (Å²) in [5.74, 6) is 0. The molecular formula is C17H28N2O2. The van der Waals surface area contributed by atoms with Crippen LogP contribution in [0.4, 0.5) is 5.69 Å². The van der Waals surface area contributed by atoms with Crippen LogP contribution >= 0.6 is 0 Å². The van der Waals surface area contributed by atoms with Gasteiger partial charge in [-0.3, -0.25) is 0 Å². The minimum absolute atomic E-state index is 0.562. The molecule has 0 spiro atoms. The maximum Gasteiger partial charge on any atom is 0.0700 e. The summed E-state index contributed by atoms with van der Waals surface area (Å²) in [6, 6.07) is 9.28. The molecule has 0 fully saturated rings. The molecule has 1 heterocycles. The molecule has 1 N–H and O–H groups in total. The molecule has 0 amide bonds. The fraction of sp³-hybridized carbons (Fsp3) is 0.647. The topological polar surface area (TPSA) is 33.7 Å². The number of benzene rings is 1. The van der Waals surface area contributed by atoms with E-state index < -0.39 is 0 Å². The number of rotatable bonds is 8. The maximum absolute atomic E-state index is 5.57. The van der Waals surface area contributed by atoms with E-state index in [0.29, 0.717) is 19.3 Å². The van der Waals surface area contributed by atoms with Crippen LogP contribution in [-0.2, 0) is 16.0 Å². The van der Waals surface area contributed by atoms with Gasteiger partial charge in [-0.1, -0.05) is 25.1 Å². The number of hydrogen-bond acceptors (Lipinski definition) is 4. The number of anilines is 1. The summed E-state index contributed by atoms with van der Waals surface area (Å²) in [6.07, 6.45) is 2.21. The van der Waals surface area contributed by atoms with Crippen LogP contribution < -0.4 is 10.2 Å². The molecule has 0 aromatic heterocycles. The van der Waals surface area contributed by atoms with Crippen molar-refractivity contribution in [2.24, 2.45) is 0 Å². The van der Waals surface area contributed by atoms with Crippen molar-refractivity contribution in [3.05, 3.63) is 29.8 Å². The van der Waals surface area contributed by atoms with E-state index in [4.69, 9.17) is 9.47 Å². The minimum Gasteiger partial charge on any atom is -0.382 e. The van der Waals surface area contributed by atoms with Crippen LogP contribution in [0.5, 0.6) is 0 Å². The number of para-hydroxylation sites is 1. The van der Waals surface area contributed by atoms with E-state index in [1.165, 1.54) is 11.3 Å². The lowest BCUT2D eigenvalue weighted by Gasteiger charge is -2.27. The van der Waals surface area contributed by atoms with E-state index in [1.54, 1.807) is 7.11 Å². The highest BCUT2D eigenvalue weighted by molar-refractivity contribution is 5.54. The van der Waals surface area contributed by atoms with Crippen LogP contribution in [0.3, 0.4) is 0 Å². The Kier molecular flexibility index (Phi) is 7.00. The van der Waals surface area contributed by atoms with Crippen LogP contribution in [-0.4, -0.2) is 46.1 Å². The first-order valence-electron chi connectivity index (χ1n) is 7.98. The fourth-order valence-corrected chi connectivity index (χ4v) is 2.74. The smallest absolute Gasteiger partial charge is 0.0700 e. The van der Waals surface area contributed by atoms with Crippen molar-refractivity contribution in [1.82, 2.24) is 5.32 Å². The third-order valence-electron chi connectivity index (χ3n) is 4.00. The molecule has 0 radical (unpaired) electrons. The van der Waals surface area contributed by atoms with Gasteiger partial charge in [-0.15, -0.1) is 0 Å². The normalized spacial score (nSPS) is 18.4. The van der Waals surface area contributed by atoms with Gasteiger partial charge in [0.1, 0.15) is 0 Å². The number of hydrogen-bond donors (Lipinski definition) is 1. The molecule has 4 heteroatoms. The standard InChI is InChI=1S/C17H28N2O2/c1-3-16-14-19(9-6-10-21-12-11-20-2)17-8-5-4-7-15(17)13-18-16/h4-5,7-8,16,18H,3,6,9-14H2,1-2H3. The molecule has 1 aliphatic rings. The zero-order chi connectivity index (χ0) is 14.9. The van der Waals surface area contributed by atoms with Crippen molar-refractivity contribution >= 4 is 5.69 Å². The minimum atomic E-state index is 0.562. The average molecular weight is 292 g/mol. The Hall–Kier alpha value is -1.10. The zero-order valence-corrected chi connectivity index (χ0v) is 13.3. The molecule has 0 bridgehead atoms. The van der Waals surface area contributed by atoms with Crippen molar-refractivity contribution in [1.29, 1.82) is 0 Å². The first kappa shape index (κ1) is 16.3. The lowest BCUT2D eigenvalue weighted by molar-refractivity contribution is 0.0700. The van der Waals surface area contributed by atoms with Crippen molar-refractivity contribution < 1.29 is 9.47 Å². The molecule has 1 unspecified atom stereocenters. The van der Waals surface area contributed by atoms with Crippen molar-refractivity contribution in [2.75, 3.05) is 44.9 Å². The first-order chi connectivity index (χ1) is 10.3. The van der Waals surface area contributed by atoms with Crippen LogP contribution in [0.1, 0.15) is 25.3 Å². The number of ether oxygens (including phenoxy) is 2. The van der Waals surface area contributed by atoms with Crippen LogP contribution in [0, 0.1) is 0 Å². The van der Waals surface area contributed by atoms with Gasteiger partial charge < -0.3 is 19.7 Å². The Balaban J connectivity index is 1.89. The fourth-order valence-electron chi connectivity index (χ4n) is 2.74. The van der Waals surface area contributed by atoms with Crippen LogP contribution in [0.25, 0.3) is 0 Å². The van der Waals surface area contributed by atoms with Crippen molar-refractivity contribution in [3.63, 3.8) is 0 Å². The van der Waals surface area contributed by atoms with Gasteiger partial charge in [-0.25, -0.2) is 0 Å². The van der Waals surface area contributed by atoms with Crippen molar-refractivity contribution in [3.8, 4) is 0 Å². The molecule has 4 nitrogen and oxygen atoms in total. The van der Waals surface area contributed by atoms with Crippen LogP contribution in [0.2, 0.25) is 0 Å². The Morgan fingerprint density at radius 1 is 1.24 bits per heavy atom. The molecule has 2 rings (SSSR count). The van der Waals surface area contributed by atoms with E-state index in [2.05, 4.69) is 41.4 Å². The summed E-state index contributed by atoms with van der Waals surface area (Å²) in [4.78, 5) is 2.50. The highest BCUT2D eigenvalue weighted by atomic mass is 16.5. The Bertz CT molecular complexity index is 412. The van der Waals surface area contributed by atoms with Gasteiger partial charge in [0.2, 0.25) is 0 Å². The van der Waals surface area contributed by atoms with Gasteiger partial charge in [0.25, 0.3) is 0 Å². The maximum atomic E-state index is 5.57. The quantitative estimate of drug-likeness (QED) is 0.746. The Morgan fingerprint density at radius 3 is 2.90 bits per heavy atom. The average Bonchev–Trinajstić information content (AvgIpc) is 2.70. The van der Waals surface area contributed by atoms with E-state index in [-0.39, 0.29) is 0 Å². The molecule has 1 aromatic rings. The van der Waals surface area contributed by atoms with Gasteiger partial charge >= 0.3 is 0 Å². The number of methoxy groups -OCH3 is 1. The van der Waals surface area contributed by atoms with Gasteiger partial charge in [0.05, 0.1) is 13.2 Å². The second-order valence-corrected chi connectivity index (χ2v) is 5.52. The SMILES string of the molecule is CCC1CN(CCCOCCOC)c2ccccc2CN1. The molecule has 0 saturated heterocycles. The van der Waals surface area contributed by atoms with Crippen molar-refractivity contribution in [2.45, 2.75) is 32.4 Å². The van der Waals surface area contributed by atoms with Gasteiger partial charge in [-0.2, -0.15) is 0 Å². The number of nitrogens with one attached hydrogen (secondary N) is 1. The van der Waals surface area contributed by atoms with Crippen LogP contribution in [0.15, 0.2) is 24.3 Å². The lowest BCUT2D eigenvalue weighted by Crippen LogP contribution is -2.38. The molecule has 1 atom stereocenters. The molecule has 118 valence electrons.